The van der Waals surface area contributed by atoms with E-state index >= 15 is 0 Å². The molecule has 4 heteroatoms. The zero-order valence-corrected chi connectivity index (χ0v) is 13.8. The third-order valence-corrected chi connectivity index (χ3v) is 4.77. The molecule has 1 aliphatic heterocycles. The first kappa shape index (κ1) is 14.1. The van der Waals surface area contributed by atoms with Crippen molar-refractivity contribution < 1.29 is 4.79 Å². The Hall–Kier alpha value is -0.350. The van der Waals surface area contributed by atoms with Gasteiger partial charge in [-0.25, -0.2) is 0 Å². The van der Waals surface area contributed by atoms with Gasteiger partial charge in [0.25, 0.3) is 5.91 Å². The second-order valence-corrected chi connectivity index (χ2v) is 6.74. The molecule has 98 valence electrons. The Bertz CT molecular complexity index is 451. The average Bonchev–Trinajstić information content (AvgIpc) is 2.32. The lowest BCUT2D eigenvalue weighted by atomic mass is 9.96. The van der Waals surface area contributed by atoms with Gasteiger partial charge in [0.1, 0.15) is 0 Å². The van der Waals surface area contributed by atoms with Crippen molar-refractivity contribution >= 4 is 37.8 Å². The van der Waals surface area contributed by atoms with Crippen LogP contribution >= 0.6 is 31.9 Å². The van der Waals surface area contributed by atoms with Crippen LogP contribution in [0.25, 0.3) is 0 Å². The Morgan fingerprint density at radius 1 is 1.22 bits per heavy atom. The maximum Gasteiger partial charge on any atom is 0.255 e. The van der Waals surface area contributed by atoms with Gasteiger partial charge >= 0.3 is 0 Å². The van der Waals surface area contributed by atoms with E-state index in [2.05, 4.69) is 45.7 Å². The van der Waals surface area contributed by atoms with Crippen LogP contribution in [0.5, 0.6) is 0 Å². The van der Waals surface area contributed by atoms with E-state index in [4.69, 9.17) is 0 Å². The smallest absolute Gasteiger partial charge is 0.255 e. The lowest BCUT2D eigenvalue weighted by Crippen LogP contribution is -2.47. The molecule has 0 bridgehead atoms. The number of likely N-dealkylation sites (tertiary alicyclic amines) is 1. The zero-order chi connectivity index (χ0) is 13.3. The highest BCUT2D eigenvalue weighted by atomic mass is 79.9. The minimum Gasteiger partial charge on any atom is -0.333 e. The number of amides is 1. The summed E-state index contributed by atoms with van der Waals surface area (Å²) in [5.41, 5.74) is 0.741. The molecule has 1 fully saturated rings. The number of hydrogen-bond donors (Lipinski definition) is 0. The van der Waals surface area contributed by atoms with Crippen molar-refractivity contribution in [1.29, 1.82) is 0 Å². The molecule has 18 heavy (non-hydrogen) atoms. The van der Waals surface area contributed by atoms with Gasteiger partial charge in [-0.15, -0.1) is 0 Å². The SMILES string of the molecule is CC1CCCC(C)N1C(=O)c1cc(Br)ccc1Br. The van der Waals surface area contributed by atoms with Crippen molar-refractivity contribution in [2.75, 3.05) is 0 Å². The predicted molar refractivity (Wildman–Crippen MR) is 80.8 cm³/mol. The summed E-state index contributed by atoms with van der Waals surface area (Å²) in [6.07, 6.45) is 3.41. The van der Waals surface area contributed by atoms with Crippen LogP contribution in [0.2, 0.25) is 0 Å². The third-order valence-electron chi connectivity index (χ3n) is 3.59. The molecule has 1 aromatic carbocycles. The van der Waals surface area contributed by atoms with Gasteiger partial charge in [0, 0.05) is 21.0 Å². The molecule has 2 rings (SSSR count). The molecule has 0 N–H and O–H groups in total. The number of carbonyl (C=O) groups is 1. The first-order chi connectivity index (χ1) is 8.50. The largest absolute Gasteiger partial charge is 0.333 e. The minimum atomic E-state index is 0.128. The van der Waals surface area contributed by atoms with Crippen LogP contribution in [0, 0.1) is 0 Å². The monoisotopic (exact) mass is 373 g/mol. The molecule has 0 spiro atoms. The Labute approximate surface area is 125 Å². The van der Waals surface area contributed by atoms with Crippen LogP contribution in [-0.4, -0.2) is 22.9 Å². The van der Waals surface area contributed by atoms with Crippen LogP contribution in [-0.2, 0) is 0 Å². The van der Waals surface area contributed by atoms with E-state index in [1.165, 1.54) is 6.42 Å². The summed E-state index contributed by atoms with van der Waals surface area (Å²) in [5, 5.41) is 0. The molecule has 2 unspecified atom stereocenters. The lowest BCUT2D eigenvalue weighted by Gasteiger charge is -2.39. The summed E-state index contributed by atoms with van der Waals surface area (Å²) in [7, 11) is 0. The highest BCUT2D eigenvalue weighted by Crippen LogP contribution is 2.28. The van der Waals surface area contributed by atoms with E-state index < -0.39 is 0 Å². The third kappa shape index (κ3) is 2.80. The standard InChI is InChI=1S/C14H17Br2NO/c1-9-4-3-5-10(2)17(9)14(18)12-8-11(15)6-7-13(12)16/h6-10H,3-5H2,1-2H3. The molecule has 0 aromatic heterocycles. The van der Waals surface area contributed by atoms with E-state index in [1.807, 2.05) is 23.1 Å². The molecule has 2 nitrogen and oxygen atoms in total. The van der Waals surface area contributed by atoms with Gasteiger partial charge in [0.15, 0.2) is 0 Å². The van der Waals surface area contributed by atoms with E-state index in [0.29, 0.717) is 12.1 Å². The van der Waals surface area contributed by atoms with Gasteiger partial charge in [0.2, 0.25) is 0 Å². The number of benzene rings is 1. The van der Waals surface area contributed by atoms with Crippen molar-refractivity contribution in [3.63, 3.8) is 0 Å². The maximum absolute atomic E-state index is 12.7. The Kier molecular flexibility index (Phi) is 4.49. The highest BCUT2D eigenvalue weighted by Gasteiger charge is 2.30. The number of halogens is 2. The second-order valence-electron chi connectivity index (χ2n) is 4.97. The minimum absolute atomic E-state index is 0.128. The van der Waals surface area contributed by atoms with E-state index in [1.54, 1.807) is 0 Å². The topological polar surface area (TPSA) is 20.3 Å². The molecular formula is C14H17Br2NO. The molecule has 1 aromatic rings. The summed E-state index contributed by atoms with van der Waals surface area (Å²) in [6, 6.07) is 6.39. The van der Waals surface area contributed by atoms with Gasteiger partial charge in [-0.1, -0.05) is 15.9 Å². The molecular weight excluding hydrogens is 358 g/mol. The van der Waals surface area contributed by atoms with Crippen LogP contribution in [0.3, 0.4) is 0 Å². The first-order valence-electron chi connectivity index (χ1n) is 6.28. The van der Waals surface area contributed by atoms with Crippen molar-refractivity contribution in [3.8, 4) is 0 Å². The van der Waals surface area contributed by atoms with Crippen LogP contribution in [0.15, 0.2) is 27.1 Å². The van der Waals surface area contributed by atoms with E-state index in [9.17, 15) is 4.79 Å². The Balaban J connectivity index is 2.32. The fourth-order valence-corrected chi connectivity index (χ4v) is 3.40. The number of rotatable bonds is 1. The van der Waals surface area contributed by atoms with E-state index in [0.717, 1.165) is 27.4 Å². The number of carbonyl (C=O) groups excluding carboxylic acids is 1. The van der Waals surface area contributed by atoms with Gasteiger partial charge in [-0.05, 0) is 67.2 Å². The van der Waals surface area contributed by atoms with Gasteiger partial charge < -0.3 is 4.90 Å². The van der Waals surface area contributed by atoms with Crippen molar-refractivity contribution in [2.24, 2.45) is 0 Å². The second kappa shape index (κ2) is 5.74. The summed E-state index contributed by atoms with van der Waals surface area (Å²) >= 11 is 6.90. The maximum atomic E-state index is 12.7. The van der Waals surface area contributed by atoms with Gasteiger partial charge in [0.05, 0.1) is 5.56 Å². The number of nitrogens with zero attached hydrogens (tertiary/aromatic N) is 1. The lowest BCUT2D eigenvalue weighted by molar-refractivity contribution is 0.0510. The van der Waals surface area contributed by atoms with Crippen molar-refractivity contribution in [3.05, 3.63) is 32.7 Å². The highest BCUT2D eigenvalue weighted by molar-refractivity contribution is 9.11. The predicted octanol–water partition coefficient (Wildman–Crippen LogP) is 4.61. The van der Waals surface area contributed by atoms with Crippen molar-refractivity contribution in [1.82, 2.24) is 4.90 Å². The van der Waals surface area contributed by atoms with Crippen LogP contribution in [0.4, 0.5) is 0 Å². The molecule has 2 atom stereocenters. The summed E-state index contributed by atoms with van der Waals surface area (Å²) in [5.74, 6) is 0.128. The normalized spacial score (nSPS) is 24.1. The first-order valence-corrected chi connectivity index (χ1v) is 7.87. The molecule has 0 saturated carbocycles. The molecule has 0 aliphatic carbocycles. The Morgan fingerprint density at radius 2 is 1.83 bits per heavy atom. The van der Waals surface area contributed by atoms with Crippen LogP contribution < -0.4 is 0 Å². The molecule has 1 aliphatic rings. The molecule has 1 amide bonds. The Morgan fingerprint density at radius 3 is 2.44 bits per heavy atom. The van der Waals surface area contributed by atoms with Crippen molar-refractivity contribution in [2.45, 2.75) is 45.2 Å². The fourth-order valence-electron chi connectivity index (χ4n) is 2.62. The van der Waals surface area contributed by atoms with Gasteiger partial charge in [-0.2, -0.15) is 0 Å². The summed E-state index contributed by atoms with van der Waals surface area (Å²) < 4.78 is 1.80. The number of piperidine rings is 1. The van der Waals surface area contributed by atoms with E-state index in [-0.39, 0.29) is 5.91 Å². The van der Waals surface area contributed by atoms with Crippen LogP contribution in [0.1, 0.15) is 43.5 Å². The zero-order valence-electron chi connectivity index (χ0n) is 10.6. The quantitative estimate of drug-likeness (QED) is 0.702. The number of hydrogen-bond acceptors (Lipinski definition) is 1. The average molecular weight is 375 g/mol. The molecule has 1 saturated heterocycles. The summed E-state index contributed by atoms with van der Waals surface area (Å²) in [6.45, 7) is 4.28. The molecule has 1 heterocycles. The fraction of sp³-hybridized carbons (Fsp3) is 0.500. The molecule has 0 radical (unpaired) electrons. The summed E-state index contributed by atoms with van der Waals surface area (Å²) in [4.78, 5) is 14.7. The van der Waals surface area contributed by atoms with Gasteiger partial charge in [-0.3, -0.25) is 4.79 Å².